The molecule has 0 unspecified atom stereocenters. The normalized spacial score (nSPS) is 22.8. The molecule has 1 aliphatic rings. The van der Waals surface area contributed by atoms with Crippen molar-refractivity contribution < 1.29 is 28.2 Å². The Hall–Kier alpha value is -3.32. The molecule has 2 N–H and O–H groups in total. The smallest absolute Gasteiger partial charge is 0.332 e. The molecule has 4 heterocycles. The van der Waals surface area contributed by atoms with Gasteiger partial charge in [-0.2, -0.15) is 16.3 Å². The summed E-state index contributed by atoms with van der Waals surface area (Å²) in [5, 5.41) is 3.75. The molecule has 1 aliphatic heterocycles. The zero-order valence-electron chi connectivity index (χ0n) is 17.1. The molecule has 13 heteroatoms. The number of carbonyl (C=O) groups is 2. The van der Waals surface area contributed by atoms with Crippen LogP contribution in [0.1, 0.15) is 25.1 Å². The molecule has 0 radical (unpaired) electrons. The first-order chi connectivity index (χ1) is 15.3. The zero-order chi connectivity index (χ0) is 23.0. The summed E-state index contributed by atoms with van der Waals surface area (Å²) in [5.74, 6) is -1.59. The van der Waals surface area contributed by atoms with E-state index in [0.29, 0.717) is 5.52 Å². The number of anilines is 1. The van der Waals surface area contributed by atoms with Crippen molar-refractivity contribution in [3.05, 3.63) is 39.1 Å². The maximum absolute atomic E-state index is 15.2. The Morgan fingerprint density at radius 1 is 1.41 bits per heavy atom. The van der Waals surface area contributed by atoms with E-state index in [9.17, 15) is 14.4 Å². The van der Waals surface area contributed by atoms with Gasteiger partial charge in [0.25, 0.3) is 0 Å². The molecule has 0 spiro atoms. The molecule has 3 aromatic rings. The highest BCUT2D eigenvalue weighted by molar-refractivity contribution is 7.07. The van der Waals surface area contributed by atoms with Crippen LogP contribution in [0.2, 0.25) is 0 Å². The van der Waals surface area contributed by atoms with Crippen LogP contribution in [0.4, 0.5) is 10.3 Å². The van der Waals surface area contributed by atoms with E-state index in [1.807, 2.05) is 16.8 Å². The van der Waals surface area contributed by atoms with Gasteiger partial charge in [-0.25, -0.2) is 18.7 Å². The van der Waals surface area contributed by atoms with Gasteiger partial charge >= 0.3 is 17.6 Å². The van der Waals surface area contributed by atoms with Gasteiger partial charge in [-0.05, 0) is 22.4 Å². The number of hydrogen-bond donors (Lipinski definition) is 1. The maximum atomic E-state index is 15.2. The van der Waals surface area contributed by atoms with Crippen LogP contribution in [-0.2, 0) is 30.3 Å². The number of nitrogens with zero attached hydrogens (tertiary/aromatic N) is 4. The second-order valence-electron chi connectivity index (χ2n) is 7.17. The quantitative estimate of drug-likeness (QED) is 0.528. The maximum Gasteiger partial charge on any atom is 0.332 e. The van der Waals surface area contributed by atoms with Gasteiger partial charge in [0.1, 0.15) is 11.6 Å². The number of nitrogen functional groups attached to an aromatic ring is 1. The predicted molar refractivity (Wildman–Crippen MR) is 111 cm³/mol. The van der Waals surface area contributed by atoms with Crippen molar-refractivity contribution in [3.8, 4) is 0 Å². The summed E-state index contributed by atoms with van der Waals surface area (Å²) in [5.41, 5.74) is 6.44. The number of aromatic nitrogens is 4. The van der Waals surface area contributed by atoms with Gasteiger partial charge in [-0.15, -0.1) is 0 Å². The fraction of sp³-hybridized carbons (Fsp3) is 0.421. The van der Waals surface area contributed by atoms with Crippen molar-refractivity contribution in [2.24, 2.45) is 0 Å². The molecule has 4 rings (SSSR count). The number of halogens is 1. The number of thiophene rings is 1. The Labute approximate surface area is 184 Å². The number of alkyl halides is 1. The number of imidazole rings is 1. The molecular weight excluding hydrogens is 445 g/mol. The topological polar surface area (TPSA) is 141 Å². The highest BCUT2D eigenvalue weighted by Gasteiger charge is 2.50. The lowest BCUT2D eigenvalue weighted by molar-refractivity contribution is -0.154. The molecule has 170 valence electrons. The lowest BCUT2D eigenvalue weighted by Gasteiger charge is -2.19. The summed E-state index contributed by atoms with van der Waals surface area (Å²) in [4.78, 5) is 44.9. The number of rotatable bonds is 6. The Balaban J connectivity index is 1.83. The van der Waals surface area contributed by atoms with E-state index in [1.165, 1.54) is 22.1 Å². The molecule has 0 aromatic carbocycles. The fourth-order valence-electron chi connectivity index (χ4n) is 3.65. The van der Waals surface area contributed by atoms with Gasteiger partial charge in [0.05, 0.1) is 26.3 Å². The molecule has 32 heavy (non-hydrogen) atoms. The summed E-state index contributed by atoms with van der Waals surface area (Å²) in [7, 11) is 1.16. The molecule has 1 fully saturated rings. The van der Waals surface area contributed by atoms with E-state index in [4.69, 9.17) is 15.2 Å². The monoisotopic (exact) mass is 465 g/mol. The van der Waals surface area contributed by atoms with E-state index >= 15 is 4.39 Å². The zero-order valence-corrected chi connectivity index (χ0v) is 18.0. The van der Waals surface area contributed by atoms with Crippen LogP contribution in [0.3, 0.4) is 0 Å². The molecule has 1 saturated heterocycles. The van der Waals surface area contributed by atoms with Crippen molar-refractivity contribution in [2.75, 3.05) is 12.8 Å². The molecule has 4 atom stereocenters. The van der Waals surface area contributed by atoms with Crippen molar-refractivity contribution in [1.29, 1.82) is 0 Å². The molecular formula is C19H20FN5O6S. The first-order valence-corrected chi connectivity index (χ1v) is 10.5. The molecule has 11 nitrogen and oxygen atoms in total. The van der Waals surface area contributed by atoms with Crippen LogP contribution in [0.5, 0.6) is 0 Å². The van der Waals surface area contributed by atoms with E-state index in [1.54, 1.807) is 0 Å². The van der Waals surface area contributed by atoms with Gasteiger partial charge in [-0.1, -0.05) is 0 Å². The Kier molecular flexibility index (Phi) is 5.93. The van der Waals surface area contributed by atoms with Crippen molar-refractivity contribution in [3.63, 3.8) is 0 Å². The lowest BCUT2D eigenvalue weighted by atomic mass is 10.1. The van der Waals surface area contributed by atoms with Crippen molar-refractivity contribution >= 4 is 40.4 Å². The third-order valence-corrected chi connectivity index (χ3v) is 5.79. The number of esters is 2. The Morgan fingerprint density at radius 2 is 2.19 bits per heavy atom. The van der Waals surface area contributed by atoms with Crippen LogP contribution >= 0.6 is 11.3 Å². The highest BCUT2D eigenvalue weighted by Crippen LogP contribution is 2.36. The molecule has 0 bridgehead atoms. The minimum atomic E-state index is -1.88. The van der Waals surface area contributed by atoms with E-state index < -0.39 is 48.7 Å². The van der Waals surface area contributed by atoms with Gasteiger partial charge in [0, 0.05) is 6.92 Å². The minimum Gasteiger partial charge on any atom is -0.469 e. The van der Waals surface area contributed by atoms with E-state index in [2.05, 4.69) is 14.7 Å². The average molecular weight is 465 g/mol. The van der Waals surface area contributed by atoms with E-state index in [-0.39, 0.29) is 18.1 Å². The van der Waals surface area contributed by atoms with Crippen LogP contribution in [0.25, 0.3) is 11.2 Å². The number of ether oxygens (including phenoxy) is 3. The summed E-state index contributed by atoms with van der Waals surface area (Å²) < 4.78 is 33.1. The van der Waals surface area contributed by atoms with Gasteiger partial charge in [-0.3, -0.25) is 14.2 Å². The first-order valence-electron chi connectivity index (χ1n) is 9.58. The van der Waals surface area contributed by atoms with Crippen molar-refractivity contribution in [1.82, 2.24) is 19.1 Å². The SMILES string of the molecule is COC(=O)C[C@H]1O[C@@H](n2c(=O)n(Cc3ccsc3)c3cnc(N)nc32)[C@H](OC(C)=O)[C@@H]1F. The number of fused-ring (bicyclic) bond motifs is 1. The average Bonchev–Trinajstić information content (AvgIpc) is 3.42. The number of nitrogens with two attached hydrogens (primary N) is 1. The van der Waals surface area contributed by atoms with Crippen molar-refractivity contribution in [2.45, 2.75) is 44.5 Å². The van der Waals surface area contributed by atoms with Crippen LogP contribution < -0.4 is 11.4 Å². The Bertz CT molecular complexity index is 1210. The Morgan fingerprint density at radius 3 is 2.84 bits per heavy atom. The van der Waals surface area contributed by atoms with Gasteiger partial charge in [0.2, 0.25) is 5.95 Å². The summed E-state index contributed by atoms with van der Waals surface area (Å²) >= 11 is 1.47. The van der Waals surface area contributed by atoms with Gasteiger partial charge in [0.15, 0.2) is 24.2 Å². The van der Waals surface area contributed by atoms with E-state index in [0.717, 1.165) is 24.2 Å². The van der Waals surface area contributed by atoms with Crippen LogP contribution in [0.15, 0.2) is 27.8 Å². The minimum absolute atomic E-state index is 0.0887. The second-order valence-corrected chi connectivity index (χ2v) is 7.95. The lowest BCUT2D eigenvalue weighted by Crippen LogP contribution is -2.37. The molecule has 3 aromatic heterocycles. The number of carbonyl (C=O) groups excluding carboxylic acids is 2. The summed E-state index contributed by atoms with van der Waals surface area (Å²) in [6.07, 6.45) is -5.09. The molecule has 0 aliphatic carbocycles. The molecule has 0 amide bonds. The standard InChI is InChI=1S/C19H20FN5O6S/c1-9(26)30-15-14(20)12(5-13(27)29-2)31-17(15)25-16-11(6-22-18(21)23-16)24(19(25)28)7-10-3-4-32-8-10/h3-4,6,8,12,14-15,17H,5,7H2,1-2H3,(H2,21,22,23)/t12-,14-,15-,17-/m1/s1. The number of hydrogen-bond acceptors (Lipinski definition) is 10. The largest absolute Gasteiger partial charge is 0.469 e. The third-order valence-electron chi connectivity index (χ3n) is 5.06. The van der Waals surface area contributed by atoms with Gasteiger partial charge < -0.3 is 19.9 Å². The number of methoxy groups -OCH3 is 1. The predicted octanol–water partition coefficient (Wildman–Crippen LogP) is 1.02. The summed E-state index contributed by atoms with van der Waals surface area (Å²) in [6.45, 7) is 1.31. The molecule has 0 saturated carbocycles. The van der Waals surface area contributed by atoms with Crippen LogP contribution in [0, 0.1) is 0 Å². The fourth-order valence-corrected chi connectivity index (χ4v) is 4.31. The highest BCUT2D eigenvalue weighted by atomic mass is 32.1. The summed E-state index contributed by atoms with van der Waals surface area (Å²) in [6, 6.07) is 1.86. The first kappa shape index (κ1) is 21.9. The second kappa shape index (κ2) is 8.67. The van der Waals surface area contributed by atoms with Crippen LogP contribution in [-0.4, -0.2) is 56.5 Å². The third kappa shape index (κ3) is 3.96.